The Bertz CT molecular complexity index is 181. The van der Waals surface area contributed by atoms with Gasteiger partial charge in [0.15, 0.2) is 0 Å². The van der Waals surface area contributed by atoms with Crippen molar-refractivity contribution < 1.29 is 9.53 Å². The third kappa shape index (κ3) is 2.73. The summed E-state index contributed by atoms with van der Waals surface area (Å²) < 4.78 is 4.89. The van der Waals surface area contributed by atoms with Crippen LogP contribution >= 0.6 is 0 Å². The molecule has 0 saturated heterocycles. The predicted octanol–water partition coefficient (Wildman–Crippen LogP) is 3.01. The molecule has 0 unspecified atom stereocenters. The fourth-order valence-electron chi connectivity index (χ4n) is 2.64. The van der Waals surface area contributed by atoms with Crippen molar-refractivity contribution in [1.29, 1.82) is 0 Å². The molecular weight excluding hydrogens is 176 g/mol. The fraction of sp³-hybridized carbons (Fsp3) is 0.917. The Labute approximate surface area is 87.0 Å². The third-order valence-corrected chi connectivity index (χ3v) is 3.35. The lowest BCUT2D eigenvalue weighted by atomic mass is 9.75. The Morgan fingerprint density at radius 1 is 1.21 bits per heavy atom. The quantitative estimate of drug-likeness (QED) is 0.652. The van der Waals surface area contributed by atoms with Crippen LogP contribution in [0.3, 0.4) is 0 Å². The number of carbonyl (C=O) groups excluding carboxylic acids is 1. The molecule has 1 rings (SSSR count). The second kappa shape index (κ2) is 5.38. The van der Waals surface area contributed by atoms with Gasteiger partial charge in [-0.15, -0.1) is 0 Å². The summed E-state index contributed by atoms with van der Waals surface area (Å²) in [4.78, 5) is 11.6. The van der Waals surface area contributed by atoms with E-state index in [9.17, 15) is 4.79 Å². The highest BCUT2D eigenvalue weighted by atomic mass is 16.5. The smallest absolute Gasteiger partial charge is 0.309 e. The summed E-state index contributed by atoms with van der Waals surface area (Å²) in [5, 5.41) is 0. The first-order chi connectivity index (χ1) is 6.66. The van der Waals surface area contributed by atoms with Gasteiger partial charge in [-0.05, 0) is 24.7 Å². The molecular formula is C12H22O2. The first kappa shape index (κ1) is 11.5. The summed E-state index contributed by atoms with van der Waals surface area (Å²) in [6.45, 7) is 4.24. The summed E-state index contributed by atoms with van der Waals surface area (Å²) >= 11 is 0. The fourth-order valence-corrected chi connectivity index (χ4v) is 2.64. The molecule has 0 aliphatic heterocycles. The first-order valence-electron chi connectivity index (χ1n) is 5.74. The lowest BCUT2D eigenvalue weighted by Gasteiger charge is -2.30. The molecule has 1 aliphatic rings. The minimum absolute atomic E-state index is 0.00750. The minimum atomic E-state index is -0.00750. The highest BCUT2D eigenvalue weighted by Gasteiger charge is 2.32. The lowest BCUT2D eigenvalue weighted by molar-refractivity contribution is -0.149. The molecule has 0 aromatic carbocycles. The molecule has 1 atom stereocenters. The van der Waals surface area contributed by atoms with Gasteiger partial charge in [0.25, 0.3) is 0 Å². The molecule has 2 nitrogen and oxygen atoms in total. The maximum atomic E-state index is 11.6. The van der Waals surface area contributed by atoms with E-state index in [0.29, 0.717) is 11.8 Å². The van der Waals surface area contributed by atoms with Gasteiger partial charge in [0.05, 0.1) is 13.0 Å². The number of hydrogen-bond donors (Lipinski definition) is 0. The van der Waals surface area contributed by atoms with Crippen molar-refractivity contribution in [2.24, 2.45) is 17.8 Å². The topological polar surface area (TPSA) is 26.3 Å². The van der Waals surface area contributed by atoms with Gasteiger partial charge in [-0.2, -0.15) is 0 Å². The van der Waals surface area contributed by atoms with Crippen molar-refractivity contribution in [2.45, 2.75) is 46.0 Å². The average Bonchev–Trinajstić information content (AvgIpc) is 2.19. The molecule has 0 aromatic heterocycles. The van der Waals surface area contributed by atoms with E-state index < -0.39 is 0 Å². The molecule has 82 valence electrons. The van der Waals surface area contributed by atoms with Crippen LogP contribution in [0.4, 0.5) is 0 Å². The standard InChI is InChI=1S/C12H22O2/c1-9(2)11(12(13)14-3)10-7-5-4-6-8-10/h9-11H,4-8H2,1-3H3/t11-/m0/s1. The predicted molar refractivity (Wildman–Crippen MR) is 56.9 cm³/mol. The minimum Gasteiger partial charge on any atom is -0.469 e. The monoisotopic (exact) mass is 198 g/mol. The summed E-state index contributed by atoms with van der Waals surface area (Å²) in [7, 11) is 1.50. The number of hydrogen-bond acceptors (Lipinski definition) is 2. The Balaban J connectivity index is 2.60. The van der Waals surface area contributed by atoms with Crippen LogP contribution in [0, 0.1) is 17.8 Å². The van der Waals surface area contributed by atoms with E-state index in [0.717, 1.165) is 0 Å². The molecule has 0 aromatic rings. The van der Waals surface area contributed by atoms with Gasteiger partial charge in [0.1, 0.15) is 0 Å². The molecule has 0 radical (unpaired) electrons. The second-order valence-electron chi connectivity index (χ2n) is 4.69. The molecule has 1 fully saturated rings. The van der Waals surface area contributed by atoms with Gasteiger partial charge in [-0.25, -0.2) is 0 Å². The molecule has 1 aliphatic carbocycles. The molecule has 2 heteroatoms. The highest BCUT2D eigenvalue weighted by molar-refractivity contribution is 5.72. The SMILES string of the molecule is COC(=O)[C@@H](C(C)C)C1CCCCC1. The largest absolute Gasteiger partial charge is 0.469 e. The number of methoxy groups -OCH3 is 1. The van der Waals surface area contributed by atoms with Crippen LogP contribution in [-0.4, -0.2) is 13.1 Å². The van der Waals surface area contributed by atoms with Gasteiger partial charge < -0.3 is 4.74 Å². The number of carbonyl (C=O) groups is 1. The van der Waals surface area contributed by atoms with E-state index in [1.54, 1.807) is 0 Å². The van der Waals surface area contributed by atoms with E-state index in [1.807, 2.05) is 0 Å². The van der Waals surface area contributed by atoms with E-state index in [-0.39, 0.29) is 11.9 Å². The van der Waals surface area contributed by atoms with Crippen molar-refractivity contribution in [2.75, 3.05) is 7.11 Å². The average molecular weight is 198 g/mol. The zero-order valence-electron chi connectivity index (χ0n) is 9.58. The van der Waals surface area contributed by atoms with Crippen LogP contribution in [0.2, 0.25) is 0 Å². The highest BCUT2D eigenvalue weighted by Crippen LogP contribution is 2.34. The number of esters is 1. The summed E-state index contributed by atoms with van der Waals surface area (Å²) in [5.74, 6) is 1.09. The second-order valence-corrected chi connectivity index (χ2v) is 4.69. The third-order valence-electron chi connectivity index (χ3n) is 3.35. The van der Waals surface area contributed by atoms with Crippen molar-refractivity contribution in [1.82, 2.24) is 0 Å². The maximum Gasteiger partial charge on any atom is 0.309 e. The lowest BCUT2D eigenvalue weighted by Crippen LogP contribution is -2.30. The Morgan fingerprint density at radius 3 is 2.21 bits per heavy atom. The molecule has 1 saturated carbocycles. The zero-order valence-corrected chi connectivity index (χ0v) is 9.58. The first-order valence-corrected chi connectivity index (χ1v) is 5.74. The van der Waals surface area contributed by atoms with E-state index in [4.69, 9.17) is 4.74 Å². The Morgan fingerprint density at radius 2 is 1.79 bits per heavy atom. The van der Waals surface area contributed by atoms with Gasteiger partial charge in [0.2, 0.25) is 0 Å². The Kier molecular flexibility index (Phi) is 4.43. The van der Waals surface area contributed by atoms with Crippen molar-refractivity contribution >= 4 is 5.97 Å². The van der Waals surface area contributed by atoms with Crippen LogP contribution in [0.1, 0.15) is 46.0 Å². The normalized spacial score (nSPS) is 20.9. The van der Waals surface area contributed by atoms with Crippen molar-refractivity contribution in [3.05, 3.63) is 0 Å². The number of rotatable bonds is 3. The maximum absolute atomic E-state index is 11.6. The molecule has 0 amide bonds. The van der Waals surface area contributed by atoms with Crippen molar-refractivity contribution in [3.63, 3.8) is 0 Å². The van der Waals surface area contributed by atoms with Gasteiger partial charge in [0, 0.05) is 0 Å². The van der Waals surface area contributed by atoms with Gasteiger partial charge >= 0.3 is 5.97 Å². The van der Waals surface area contributed by atoms with Crippen LogP contribution in [0.15, 0.2) is 0 Å². The summed E-state index contributed by atoms with van der Waals surface area (Å²) in [5.41, 5.74) is 0. The van der Waals surface area contributed by atoms with E-state index in [2.05, 4.69) is 13.8 Å². The summed E-state index contributed by atoms with van der Waals surface area (Å²) in [6, 6.07) is 0. The van der Waals surface area contributed by atoms with Gasteiger partial charge in [-0.1, -0.05) is 33.1 Å². The molecule has 0 N–H and O–H groups in total. The summed E-state index contributed by atoms with van der Waals surface area (Å²) in [6.07, 6.45) is 6.31. The van der Waals surface area contributed by atoms with Crippen LogP contribution in [0.5, 0.6) is 0 Å². The molecule has 0 heterocycles. The van der Waals surface area contributed by atoms with Crippen LogP contribution in [-0.2, 0) is 9.53 Å². The number of ether oxygens (including phenoxy) is 1. The van der Waals surface area contributed by atoms with E-state index >= 15 is 0 Å². The molecule has 0 spiro atoms. The zero-order chi connectivity index (χ0) is 10.6. The van der Waals surface area contributed by atoms with Crippen LogP contribution < -0.4 is 0 Å². The molecule has 14 heavy (non-hydrogen) atoms. The Hall–Kier alpha value is -0.530. The molecule has 0 bridgehead atoms. The van der Waals surface area contributed by atoms with Crippen molar-refractivity contribution in [3.8, 4) is 0 Å². The van der Waals surface area contributed by atoms with E-state index in [1.165, 1.54) is 39.2 Å². The van der Waals surface area contributed by atoms with Crippen LogP contribution in [0.25, 0.3) is 0 Å². The van der Waals surface area contributed by atoms with Gasteiger partial charge in [-0.3, -0.25) is 4.79 Å².